The van der Waals surface area contributed by atoms with Gasteiger partial charge in [-0.05, 0) is 39.2 Å². The first kappa shape index (κ1) is 17.7. The number of nitrogens with one attached hydrogen (secondary N) is 1. The third-order valence-corrected chi connectivity index (χ3v) is 5.90. The molecule has 1 N–H and O–H groups in total. The normalized spacial score (nSPS) is 25.1. The molecule has 0 heterocycles. The first-order valence-electron chi connectivity index (χ1n) is 6.85. The van der Waals surface area contributed by atoms with E-state index < -0.39 is 28.4 Å². The van der Waals surface area contributed by atoms with Gasteiger partial charge >= 0.3 is 6.18 Å². The number of nitrogens with zero attached hydrogens (tertiary/aromatic N) is 1. The second-order valence-electron chi connectivity index (χ2n) is 5.35. The van der Waals surface area contributed by atoms with Crippen LogP contribution in [-0.2, 0) is 10.0 Å². The molecule has 0 aliphatic heterocycles. The Kier molecular flexibility index (Phi) is 6.27. The molecule has 1 fully saturated rings. The van der Waals surface area contributed by atoms with Crippen molar-refractivity contribution in [1.82, 2.24) is 9.62 Å². The van der Waals surface area contributed by atoms with E-state index in [4.69, 9.17) is 0 Å². The van der Waals surface area contributed by atoms with Crippen molar-refractivity contribution < 1.29 is 21.6 Å². The number of hydrogen-bond acceptors (Lipinski definition) is 3. The summed E-state index contributed by atoms with van der Waals surface area (Å²) in [7, 11) is -0.237. The molecular weight excluding hydrogens is 293 g/mol. The standard InChI is InChI=1S/C12H23F3N2O2S/c1-16-10-4-6-11(7-5-10)17(2)20(18,19)9-3-8-12(13,14)15/h10-11,16H,3-9H2,1-2H3. The second kappa shape index (κ2) is 7.09. The summed E-state index contributed by atoms with van der Waals surface area (Å²) in [5.41, 5.74) is 0. The van der Waals surface area contributed by atoms with Gasteiger partial charge in [0.25, 0.3) is 0 Å². The fraction of sp³-hybridized carbons (Fsp3) is 1.00. The quantitative estimate of drug-likeness (QED) is 0.816. The number of sulfonamides is 1. The molecule has 0 aromatic heterocycles. The van der Waals surface area contributed by atoms with Crippen LogP contribution >= 0.6 is 0 Å². The lowest BCUT2D eigenvalue weighted by Gasteiger charge is -2.33. The summed E-state index contributed by atoms with van der Waals surface area (Å²) < 4.78 is 61.5. The molecule has 0 atom stereocenters. The summed E-state index contributed by atoms with van der Waals surface area (Å²) in [4.78, 5) is 0. The van der Waals surface area contributed by atoms with Crippen molar-refractivity contribution in [2.24, 2.45) is 0 Å². The van der Waals surface area contributed by atoms with Gasteiger partial charge in [0.1, 0.15) is 0 Å². The van der Waals surface area contributed by atoms with E-state index in [9.17, 15) is 21.6 Å². The Morgan fingerprint density at radius 3 is 2.20 bits per heavy atom. The largest absolute Gasteiger partial charge is 0.389 e. The van der Waals surface area contributed by atoms with Crippen molar-refractivity contribution in [3.63, 3.8) is 0 Å². The summed E-state index contributed by atoms with van der Waals surface area (Å²) in [5.74, 6) is -0.436. The zero-order chi connectivity index (χ0) is 15.4. The highest BCUT2D eigenvalue weighted by Crippen LogP contribution is 2.26. The van der Waals surface area contributed by atoms with Crippen LogP contribution in [-0.4, -0.2) is 50.8 Å². The van der Waals surface area contributed by atoms with Crippen LogP contribution in [0.4, 0.5) is 13.2 Å². The molecule has 8 heteroatoms. The molecule has 0 radical (unpaired) electrons. The van der Waals surface area contributed by atoms with E-state index in [1.54, 1.807) is 0 Å². The third-order valence-electron chi connectivity index (χ3n) is 3.92. The van der Waals surface area contributed by atoms with E-state index in [1.165, 1.54) is 11.4 Å². The van der Waals surface area contributed by atoms with Crippen LogP contribution in [0, 0.1) is 0 Å². The molecule has 120 valence electrons. The highest BCUT2D eigenvalue weighted by Gasteiger charge is 2.32. The Morgan fingerprint density at radius 1 is 1.20 bits per heavy atom. The monoisotopic (exact) mass is 316 g/mol. The summed E-state index contributed by atoms with van der Waals surface area (Å²) in [6.45, 7) is 0. The number of rotatable bonds is 6. The molecule has 4 nitrogen and oxygen atoms in total. The van der Waals surface area contributed by atoms with Crippen LogP contribution in [0.5, 0.6) is 0 Å². The maximum absolute atomic E-state index is 12.1. The molecule has 1 rings (SSSR count). The SMILES string of the molecule is CNC1CCC(N(C)S(=O)(=O)CCCC(F)(F)F)CC1. The van der Waals surface area contributed by atoms with Crippen LogP contribution in [0.2, 0.25) is 0 Å². The van der Waals surface area contributed by atoms with Gasteiger partial charge in [0.05, 0.1) is 5.75 Å². The highest BCUT2D eigenvalue weighted by molar-refractivity contribution is 7.89. The van der Waals surface area contributed by atoms with Gasteiger partial charge in [-0.2, -0.15) is 13.2 Å². The molecular formula is C12H23F3N2O2S. The fourth-order valence-corrected chi connectivity index (χ4v) is 4.02. The minimum Gasteiger partial charge on any atom is -0.317 e. The zero-order valence-electron chi connectivity index (χ0n) is 11.9. The maximum Gasteiger partial charge on any atom is 0.389 e. The fourth-order valence-electron chi connectivity index (χ4n) is 2.55. The molecule has 20 heavy (non-hydrogen) atoms. The Balaban J connectivity index is 2.47. The van der Waals surface area contributed by atoms with Crippen LogP contribution in [0.3, 0.4) is 0 Å². The first-order valence-corrected chi connectivity index (χ1v) is 8.46. The van der Waals surface area contributed by atoms with E-state index in [0.29, 0.717) is 6.04 Å². The summed E-state index contributed by atoms with van der Waals surface area (Å²) in [6, 6.07) is 0.322. The molecule has 0 aromatic rings. The first-order chi connectivity index (χ1) is 9.15. The number of halogens is 3. The summed E-state index contributed by atoms with van der Waals surface area (Å²) >= 11 is 0. The maximum atomic E-state index is 12.1. The molecule has 1 saturated carbocycles. The molecule has 1 aliphatic carbocycles. The lowest BCUT2D eigenvalue weighted by atomic mass is 9.91. The van der Waals surface area contributed by atoms with E-state index in [0.717, 1.165) is 25.7 Å². The zero-order valence-corrected chi connectivity index (χ0v) is 12.7. The van der Waals surface area contributed by atoms with Crippen molar-refractivity contribution in [1.29, 1.82) is 0 Å². The molecule has 1 aliphatic rings. The van der Waals surface area contributed by atoms with Crippen molar-refractivity contribution in [3.05, 3.63) is 0 Å². The van der Waals surface area contributed by atoms with Crippen LogP contribution in [0.25, 0.3) is 0 Å². The van der Waals surface area contributed by atoms with Gasteiger partial charge in [0, 0.05) is 25.6 Å². The Bertz CT molecular complexity index is 390. The van der Waals surface area contributed by atoms with Gasteiger partial charge in [-0.3, -0.25) is 0 Å². The number of hydrogen-bond donors (Lipinski definition) is 1. The molecule has 0 spiro atoms. The Labute approximate surface area is 118 Å². The molecule has 0 amide bonds. The molecule has 0 aromatic carbocycles. The van der Waals surface area contributed by atoms with E-state index in [-0.39, 0.29) is 12.5 Å². The highest BCUT2D eigenvalue weighted by atomic mass is 32.2. The van der Waals surface area contributed by atoms with Gasteiger partial charge in [-0.1, -0.05) is 0 Å². The van der Waals surface area contributed by atoms with E-state index >= 15 is 0 Å². The van der Waals surface area contributed by atoms with Gasteiger partial charge in [0.15, 0.2) is 0 Å². The average molecular weight is 316 g/mol. The Morgan fingerprint density at radius 2 is 1.75 bits per heavy atom. The van der Waals surface area contributed by atoms with Gasteiger partial charge in [-0.15, -0.1) is 0 Å². The molecule has 0 bridgehead atoms. The van der Waals surface area contributed by atoms with E-state index in [2.05, 4.69) is 5.32 Å². The summed E-state index contributed by atoms with van der Waals surface area (Å²) in [5, 5.41) is 3.16. The smallest absolute Gasteiger partial charge is 0.317 e. The Hall–Kier alpha value is -0.340. The van der Waals surface area contributed by atoms with Gasteiger partial charge in [0.2, 0.25) is 10.0 Å². The van der Waals surface area contributed by atoms with Crippen LogP contribution in [0.15, 0.2) is 0 Å². The van der Waals surface area contributed by atoms with Crippen molar-refractivity contribution in [2.45, 2.75) is 56.8 Å². The van der Waals surface area contributed by atoms with Gasteiger partial charge in [-0.25, -0.2) is 12.7 Å². The lowest BCUT2D eigenvalue weighted by Crippen LogP contribution is -2.43. The van der Waals surface area contributed by atoms with Crippen molar-refractivity contribution >= 4 is 10.0 Å². The van der Waals surface area contributed by atoms with Crippen molar-refractivity contribution in [3.8, 4) is 0 Å². The van der Waals surface area contributed by atoms with Crippen LogP contribution < -0.4 is 5.32 Å². The average Bonchev–Trinajstić information content (AvgIpc) is 2.36. The minimum atomic E-state index is -4.29. The minimum absolute atomic E-state index is 0.0875. The summed E-state index contributed by atoms with van der Waals surface area (Å²) in [6.07, 6.45) is -2.43. The second-order valence-corrected chi connectivity index (χ2v) is 7.49. The van der Waals surface area contributed by atoms with Gasteiger partial charge < -0.3 is 5.32 Å². The third kappa shape index (κ3) is 5.57. The van der Waals surface area contributed by atoms with E-state index in [1.807, 2.05) is 7.05 Å². The van der Waals surface area contributed by atoms with Crippen LogP contribution in [0.1, 0.15) is 38.5 Å². The predicted molar refractivity (Wildman–Crippen MR) is 71.9 cm³/mol. The topological polar surface area (TPSA) is 49.4 Å². The predicted octanol–water partition coefficient (Wildman–Crippen LogP) is 2.12. The molecule has 0 unspecified atom stereocenters. The molecule has 0 saturated heterocycles. The van der Waals surface area contributed by atoms with Crippen molar-refractivity contribution in [2.75, 3.05) is 19.8 Å². The number of alkyl halides is 3. The lowest BCUT2D eigenvalue weighted by molar-refractivity contribution is -0.134.